The molecule has 0 radical (unpaired) electrons. The predicted molar refractivity (Wildman–Crippen MR) is 68.4 cm³/mol. The van der Waals surface area contributed by atoms with E-state index in [9.17, 15) is 12.8 Å². The second-order valence-electron chi connectivity index (χ2n) is 3.71. The minimum Gasteiger partial charge on any atom is -0.396 e. The van der Waals surface area contributed by atoms with E-state index < -0.39 is 20.7 Å². The molecular weight excluding hydrogens is 295 g/mol. The van der Waals surface area contributed by atoms with Crippen LogP contribution in [-0.2, 0) is 16.6 Å². The lowest BCUT2D eigenvalue weighted by Gasteiger charge is -2.08. The Labute approximate surface area is 113 Å². The van der Waals surface area contributed by atoms with Crippen molar-refractivity contribution >= 4 is 27.3 Å². The fraction of sp³-hybridized carbons (Fsp3) is 0.100. The first-order valence-electron chi connectivity index (χ1n) is 5.12. The summed E-state index contributed by atoms with van der Waals surface area (Å²) in [4.78, 5) is -0.586. The summed E-state index contributed by atoms with van der Waals surface area (Å²) >= 11 is 5.67. The van der Waals surface area contributed by atoms with Crippen LogP contribution in [0.3, 0.4) is 0 Å². The Hall–Kier alpha value is -1.64. The van der Waals surface area contributed by atoms with E-state index >= 15 is 0 Å². The van der Waals surface area contributed by atoms with Gasteiger partial charge < -0.3 is 5.73 Å². The number of rotatable bonds is 4. The first-order valence-corrected chi connectivity index (χ1v) is 6.98. The summed E-state index contributed by atoms with van der Waals surface area (Å²) in [5, 5.41) is 6.29. The van der Waals surface area contributed by atoms with Gasteiger partial charge in [0, 0.05) is 11.2 Å². The van der Waals surface area contributed by atoms with Crippen molar-refractivity contribution in [2.24, 2.45) is 0 Å². The summed E-state index contributed by atoms with van der Waals surface area (Å²) < 4.78 is 39.8. The van der Waals surface area contributed by atoms with Gasteiger partial charge in [0.25, 0.3) is 0 Å². The molecule has 2 aromatic rings. The third-order valence-electron chi connectivity index (χ3n) is 2.33. The third kappa shape index (κ3) is 3.03. The molecule has 102 valence electrons. The first kappa shape index (κ1) is 13.8. The molecule has 0 bridgehead atoms. The van der Waals surface area contributed by atoms with Gasteiger partial charge >= 0.3 is 0 Å². The summed E-state index contributed by atoms with van der Waals surface area (Å²) in [7, 11) is -4.05. The van der Waals surface area contributed by atoms with E-state index in [-0.39, 0.29) is 17.3 Å². The largest absolute Gasteiger partial charge is 0.396 e. The third-order valence-corrected chi connectivity index (χ3v) is 3.95. The van der Waals surface area contributed by atoms with Crippen molar-refractivity contribution in [3.05, 3.63) is 40.9 Å². The lowest BCUT2D eigenvalue weighted by molar-refractivity contribution is 0.558. The van der Waals surface area contributed by atoms with E-state index in [4.69, 9.17) is 17.3 Å². The average molecular weight is 305 g/mol. The summed E-state index contributed by atoms with van der Waals surface area (Å²) in [6.07, 6.45) is 1.47. The van der Waals surface area contributed by atoms with E-state index in [1.165, 1.54) is 6.20 Å². The van der Waals surface area contributed by atoms with Crippen LogP contribution in [0, 0.1) is 5.82 Å². The van der Waals surface area contributed by atoms with Crippen LogP contribution in [0.4, 0.5) is 10.1 Å². The van der Waals surface area contributed by atoms with Crippen LogP contribution in [0.2, 0.25) is 5.02 Å². The molecule has 1 heterocycles. The van der Waals surface area contributed by atoms with Crippen molar-refractivity contribution < 1.29 is 12.8 Å². The normalized spacial score (nSPS) is 11.7. The highest BCUT2D eigenvalue weighted by Crippen LogP contribution is 2.25. The van der Waals surface area contributed by atoms with Crippen LogP contribution in [0.1, 0.15) is 5.69 Å². The fourth-order valence-electron chi connectivity index (χ4n) is 1.41. The molecule has 1 aromatic carbocycles. The molecule has 0 spiro atoms. The minimum absolute atomic E-state index is 0.0424. The van der Waals surface area contributed by atoms with Gasteiger partial charge in [-0.05, 0) is 18.2 Å². The van der Waals surface area contributed by atoms with Crippen LogP contribution in [0.5, 0.6) is 0 Å². The molecule has 2 rings (SSSR count). The molecule has 0 saturated carbocycles. The Morgan fingerprint density at radius 1 is 1.47 bits per heavy atom. The highest BCUT2D eigenvalue weighted by atomic mass is 35.5. The Morgan fingerprint density at radius 2 is 2.21 bits per heavy atom. The van der Waals surface area contributed by atoms with Crippen molar-refractivity contribution in [1.29, 1.82) is 0 Å². The first-order chi connectivity index (χ1) is 8.90. The topological polar surface area (TPSA) is 101 Å². The molecule has 0 aliphatic heterocycles. The number of nitrogens with one attached hydrogen (secondary N) is 2. The summed E-state index contributed by atoms with van der Waals surface area (Å²) in [6, 6.07) is 3.73. The van der Waals surface area contributed by atoms with Crippen LogP contribution in [-0.4, -0.2) is 18.6 Å². The number of sulfonamides is 1. The van der Waals surface area contributed by atoms with Crippen LogP contribution in [0.25, 0.3) is 0 Å². The maximum atomic E-state index is 13.7. The number of hydrogen-bond donors (Lipinski definition) is 3. The Morgan fingerprint density at radius 3 is 2.84 bits per heavy atom. The molecule has 1 aromatic heterocycles. The molecule has 9 heteroatoms. The van der Waals surface area contributed by atoms with Crippen molar-refractivity contribution in [2.75, 3.05) is 5.73 Å². The maximum Gasteiger partial charge on any atom is 0.243 e. The molecule has 0 amide bonds. The molecule has 0 unspecified atom stereocenters. The molecular formula is C10H10ClFN4O2S. The van der Waals surface area contributed by atoms with Gasteiger partial charge in [-0.25, -0.2) is 17.5 Å². The van der Waals surface area contributed by atoms with Crippen LogP contribution < -0.4 is 10.5 Å². The summed E-state index contributed by atoms with van der Waals surface area (Å²) in [5.41, 5.74) is 5.56. The molecule has 0 atom stereocenters. The number of nitrogens with two attached hydrogens (primary N) is 1. The second-order valence-corrected chi connectivity index (χ2v) is 5.89. The number of H-pyrrole nitrogens is 1. The Bertz CT molecular complexity index is 688. The van der Waals surface area contributed by atoms with Crippen molar-refractivity contribution in [2.45, 2.75) is 11.4 Å². The van der Waals surface area contributed by atoms with Gasteiger partial charge in [0.15, 0.2) is 5.82 Å². The molecule has 4 N–H and O–H groups in total. The Balaban J connectivity index is 2.29. The zero-order valence-electron chi connectivity index (χ0n) is 9.52. The Kier molecular flexibility index (Phi) is 3.74. The number of nitrogen functional groups attached to an aromatic ring is 1. The fourth-order valence-corrected chi connectivity index (χ4v) is 2.84. The molecule has 0 saturated heterocycles. The van der Waals surface area contributed by atoms with E-state index in [1.807, 2.05) is 0 Å². The highest BCUT2D eigenvalue weighted by Gasteiger charge is 2.21. The van der Waals surface area contributed by atoms with Gasteiger partial charge in [0.05, 0.1) is 17.9 Å². The predicted octanol–water partition coefficient (Wildman–Crippen LogP) is 1.26. The molecule has 19 heavy (non-hydrogen) atoms. The number of aromatic nitrogens is 2. The van der Waals surface area contributed by atoms with E-state index in [0.29, 0.717) is 5.69 Å². The SMILES string of the molecule is Nc1cc(Cl)cc(S(=O)(=O)NCc2ccn[nH]2)c1F. The van der Waals surface area contributed by atoms with Gasteiger partial charge in [-0.1, -0.05) is 11.6 Å². The smallest absolute Gasteiger partial charge is 0.243 e. The number of anilines is 1. The van der Waals surface area contributed by atoms with Crippen molar-refractivity contribution in [1.82, 2.24) is 14.9 Å². The maximum absolute atomic E-state index is 13.7. The lowest BCUT2D eigenvalue weighted by Crippen LogP contribution is -2.24. The van der Waals surface area contributed by atoms with Gasteiger partial charge in [0.1, 0.15) is 4.90 Å². The van der Waals surface area contributed by atoms with Crippen LogP contribution in [0.15, 0.2) is 29.3 Å². The zero-order valence-corrected chi connectivity index (χ0v) is 11.1. The number of halogens is 2. The number of hydrogen-bond acceptors (Lipinski definition) is 4. The van der Waals surface area contributed by atoms with Crippen molar-refractivity contribution in [3.63, 3.8) is 0 Å². The molecule has 0 fully saturated rings. The number of benzene rings is 1. The lowest BCUT2D eigenvalue weighted by atomic mass is 10.3. The van der Waals surface area contributed by atoms with Gasteiger partial charge in [0.2, 0.25) is 10.0 Å². The monoisotopic (exact) mass is 304 g/mol. The van der Waals surface area contributed by atoms with Crippen LogP contribution >= 0.6 is 11.6 Å². The van der Waals surface area contributed by atoms with Gasteiger partial charge in [-0.2, -0.15) is 5.10 Å². The second kappa shape index (κ2) is 5.16. The van der Waals surface area contributed by atoms with Crippen molar-refractivity contribution in [3.8, 4) is 0 Å². The zero-order chi connectivity index (χ0) is 14.0. The molecule has 0 aliphatic carbocycles. The van der Waals surface area contributed by atoms with Gasteiger partial charge in [-0.3, -0.25) is 5.10 Å². The quantitative estimate of drug-likeness (QED) is 0.740. The van der Waals surface area contributed by atoms with Gasteiger partial charge in [-0.15, -0.1) is 0 Å². The van der Waals surface area contributed by atoms with E-state index in [1.54, 1.807) is 6.07 Å². The standard InChI is InChI=1S/C10H10ClFN4O2S/c11-6-3-8(13)10(12)9(4-6)19(17,18)15-5-7-1-2-14-16-7/h1-4,15H,5,13H2,(H,14,16). The number of aromatic amines is 1. The average Bonchev–Trinajstić information content (AvgIpc) is 2.84. The summed E-state index contributed by atoms with van der Waals surface area (Å²) in [5.74, 6) is -1.03. The highest BCUT2D eigenvalue weighted by molar-refractivity contribution is 7.89. The molecule has 6 nitrogen and oxygen atoms in total. The van der Waals surface area contributed by atoms with E-state index in [2.05, 4.69) is 14.9 Å². The van der Waals surface area contributed by atoms with E-state index in [0.717, 1.165) is 12.1 Å². The molecule has 0 aliphatic rings. The minimum atomic E-state index is -4.05. The summed E-state index contributed by atoms with van der Waals surface area (Å²) in [6.45, 7) is -0.0474. The number of nitrogens with zero attached hydrogens (tertiary/aromatic N) is 1.